The number of carbonyl (C=O) groups is 4. The molecule has 4 aliphatic rings. The van der Waals surface area contributed by atoms with Gasteiger partial charge in [0.15, 0.2) is 0 Å². The standard InChI is InChI=1S/C23H28N4O4/c28-18-6-5-17(20(29)26-18)27-21(30)16-4-1-3-14(19(16)22(27)31)12-25-15-7-9-23(11-15)8-2-10-24-13-23/h1,3-4,15,17,24-25H,2,5-13H2,(H,26,28,29). The third-order valence-electron chi connectivity index (χ3n) is 7.40. The van der Waals surface area contributed by atoms with Crippen LogP contribution in [0.5, 0.6) is 0 Å². The van der Waals surface area contributed by atoms with Gasteiger partial charge in [0, 0.05) is 25.6 Å². The summed E-state index contributed by atoms with van der Waals surface area (Å²) in [6, 6.07) is 4.77. The van der Waals surface area contributed by atoms with E-state index in [-0.39, 0.29) is 18.7 Å². The molecule has 4 amide bonds. The van der Waals surface area contributed by atoms with Gasteiger partial charge in [0.05, 0.1) is 11.1 Å². The Morgan fingerprint density at radius 2 is 1.97 bits per heavy atom. The quantitative estimate of drug-likeness (QED) is 0.625. The van der Waals surface area contributed by atoms with E-state index in [2.05, 4.69) is 16.0 Å². The molecule has 0 bridgehead atoms. The first-order valence-corrected chi connectivity index (χ1v) is 11.3. The number of amides is 4. The van der Waals surface area contributed by atoms with Crippen molar-refractivity contribution < 1.29 is 19.2 Å². The number of imide groups is 2. The maximum absolute atomic E-state index is 13.2. The molecular weight excluding hydrogens is 396 g/mol. The van der Waals surface area contributed by atoms with Gasteiger partial charge in [-0.2, -0.15) is 0 Å². The molecular formula is C23H28N4O4. The van der Waals surface area contributed by atoms with Gasteiger partial charge >= 0.3 is 0 Å². The van der Waals surface area contributed by atoms with E-state index in [1.54, 1.807) is 12.1 Å². The Hall–Kier alpha value is -2.58. The van der Waals surface area contributed by atoms with E-state index in [0.717, 1.165) is 36.4 Å². The Kier molecular flexibility index (Phi) is 5.14. The first kappa shape index (κ1) is 20.3. The van der Waals surface area contributed by atoms with Crippen molar-refractivity contribution >= 4 is 23.6 Å². The van der Waals surface area contributed by atoms with E-state index >= 15 is 0 Å². The summed E-state index contributed by atoms with van der Waals surface area (Å²) >= 11 is 0. The molecule has 1 aromatic rings. The van der Waals surface area contributed by atoms with Crippen LogP contribution in [0.2, 0.25) is 0 Å². The van der Waals surface area contributed by atoms with Crippen molar-refractivity contribution in [3.63, 3.8) is 0 Å². The van der Waals surface area contributed by atoms with Gasteiger partial charge in [-0.1, -0.05) is 12.1 Å². The summed E-state index contributed by atoms with van der Waals surface area (Å²) in [5.74, 6) is -1.84. The predicted octanol–water partition coefficient (Wildman–Crippen LogP) is 1.10. The molecule has 8 heteroatoms. The van der Waals surface area contributed by atoms with Crippen LogP contribution >= 0.6 is 0 Å². The molecule has 164 valence electrons. The van der Waals surface area contributed by atoms with Gasteiger partial charge in [0.2, 0.25) is 11.8 Å². The lowest BCUT2D eigenvalue weighted by molar-refractivity contribution is -0.136. The first-order valence-electron chi connectivity index (χ1n) is 11.3. The van der Waals surface area contributed by atoms with E-state index in [0.29, 0.717) is 29.1 Å². The van der Waals surface area contributed by atoms with E-state index in [4.69, 9.17) is 0 Å². The molecule has 1 saturated carbocycles. The zero-order valence-electron chi connectivity index (χ0n) is 17.5. The van der Waals surface area contributed by atoms with Crippen molar-refractivity contribution in [3.05, 3.63) is 34.9 Å². The third kappa shape index (κ3) is 3.57. The molecule has 3 atom stereocenters. The maximum Gasteiger partial charge on any atom is 0.262 e. The number of hydrogen-bond donors (Lipinski definition) is 3. The second-order valence-corrected chi connectivity index (χ2v) is 9.39. The lowest BCUT2D eigenvalue weighted by Crippen LogP contribution is -2.54. The molecule has 1 aromatic carbocycles. The zero-order valence-corrected chi connectivity index (χ0v) is 17.5. The van der Waals surface area contributed by atoms with Crippen LogP contribution in [0.3, 0.4) is 0 Å². The summed E-state index contributed by atoms with van der Waals surface area (Å²) in [6.07, 6.45) is 6.25. The van der Waals surface area contributed by atoms with Crippen LogP contribution in [0, 0.1) is 5.41 Å². The minimum Gasteiger partial charge on any atom is -0.316 e. The van der Waals surface area contributed by atoms with Crippen LogP contribution in [0.15, 0.2) is 18.2 Å². The highest BCUT2D eigenvalue weighted by Gasteiger charge is 2.45. The fourth-order valence-electron chi connectivity index (χ4n) is 5.79. The second-order valence-electron chi connectivity index (χ2n) is 9.39. The Bertz CT molecular complexity index is 953. The number of carbonyl (C=O) groups excluding carboxylic acids is 4. The molecule has 3 unspecified atom stereocenters. The summed E-state index contributed by atoms with van der Waals surface area (Å²) in [6.45, 7) is 2.70. The number of hydrogen-bond acceptors (Lipinski definition) is 6. The highest BCUT2D eigenvalue weighted by Crippen LogP contribution is 2.43. The maximum atomic E-state index is 13.2. The Morgan fingerprint density at radius 1 is 1.10 bits per heavy atom. The molecule has 3 heterocycles. The molecule has 0 aromatic heterocycles. The monoisotopic (exact) mass is 424 g/mol. The van der Waals surface area contributed by atoms with Crippen LogP contribution in [0.25, 0.3) is 0 Å². The first-order chi connectivity index (χ1) is 15.0. The van der Waals surface area contributed by atoms with E-state index in [1.807, 2.05) is 6.07 Å². The van der Waals surface area contributed by atoms with Crippen molar-refractivity contribution in [3.8, 4) is 0 Å². The van der Waals surface area contributed by atoms with Crippen molar-refractivity contribution in [2.75, 3.05) is 13.1 Å². The average Bonchev–Trinajstić information content (AvgIpc) is 3.26. The molecule has 31 heavy (non-hydrogen) atoms. The molecule has 8 nitrogen and oxygen atoms in total. The molecule has 3 fully saturated rings. The molecule has 5 rings (SSSR count). The van der Waals surface area contributed by atoms with Crippen molar-refractivity contribution in [1.29, 1.82) is 0 Å². The Balaban J connectivity index is 1.30. The minimum absolute atomic E-state index is 0.122. The normalized spacial score (nSPS) is 30.8. The van der Waals surface area contributed by atoms with Crippen molar-refractivity contribution in [2.45, 2.75) is 63.6 Å². The molecule has 0 radical (unpaired) electrons. The molecule has 2 saturated heterocycles. The summed E-state index contributed by atoms with van der Waals surface area (Å²) in [5, 5.41) is 9.38. The summed E-state index contributed by atoms with van der Waals surface area (Å²) in [7, 11) is 0. The number of nitrogens with zero attached hydrogens (tertiary/aromatic N) is 1. The van der Waals surface area contributed by atoms with Crippen LogP contribution in [-0.4, -0.2) is 53.7 Å². The van der Waals surface area contributed by atoms with E-state index in [9.17, 15) is 19.2 Å². The Morgan fingerprint density at radius 3 is 2.74 bits per heavy atom. The summed E-state index contributed by atoms with van der Waals surface area (Å²) < 4.78 is 0. The third-order valence-corrected chi connectivity index (χ3v) is 7.40. The number of fused-ring (bicyclic) bond motifs is 1. The highest BCUT2D eigenvalue weighted by atomic mass is 16.2. The fourth-order valence-corrected chi connectivity index (χ4v) is 5.79. The average molecular weight is 425 g/mol. The van der Waals surface area contributed by atoms with Gasteiger partial charge in [-0.05, 0) is 62.1 Å². The summed E-state index contributed by atoms with van der Waals surface area (Å²) in [4.78, 5) is 50.9. The number of piperidine rings is 2. The highest BCUT2D eigenvalue weighted by molar-refractivity contribution is 6.24. The van der Waals surface area contributed by atoms with Crippen LogP contribution in [-0.2, 0) is 16.1 Å². The van der Waals surface area contributed by atoms with Gasteiger partial charge in [-0.25, -0.2) is 0 Å². The van der Waals surface area contributed by atoms with Gasteiger partial charge in [0.25, 0.3) is 11.8 Å². The minimum atomic E-state index is -0.931. The van der Waals surface area contributed by atoms with E-state index < -0.39 is 23.8 Å². The number of nitrogens with one attached hydrogen (secondary N) is 3. The SMILES string of the molecule is O=C1CCC(N2C(=O)c3cccc(CNC4CCC5(CCCNC5)C4)c3C2=O)C(=O)N1. The fraction of sp³-hybridized carbons (Fsp3) is 0.565. The zero-order chi connectivity index (χ0) is 21.6. The lowest BCUT2D eigenvalue weighted by atomic mass is 9.79. The van der Waals surface area contributed by atoms with E-state index in [1.165, 1.54) is 19.3 Å². The molecule has 1 aliphatic carbocycles. The second kappa shape index (κ2) is 7.84. The van der Waals surface area contributed by atoms with Crippen LogP contribution in [0.1, 0.15) is 71.2 Å². The number of rotatable bonds is 4. The lowest BCUT2D eigenvalue weighted by Gasteiger charge is -2.34. The predicted molar refractivity (Wildman–Crippen MR) is 112 cm³/mol. The van der Waals surface area contributed by atoms with Crippen molar-refractivity contribution in [1.82, 2.24) is 20.9 Å². The van der Waals surface area contributed by atoms with Crippen LogP contribution < -0.4 is 16.0 Å². The smallest absolute Gasteiger partial charge is 0.262 e. The Labute approximate surface area is 181 Å². The number of benzene rings is 1. The summed E-state index contributed by atoms with van der Waals surface area (Å²) in [5.41, 5.74) is 1.90. The van der Waals surface area contributed by atoms with Gasteiger partial charge in [0.1, 0.15) is 6.04 Å². The molecule has 1 spiro atoms. The van der Waals surface area contributed by atoms with Gasteiger partial charge < -0.3 is 10.6 Å². The topological polar surface area (TPSA) is 108 Å². The van der Waals surface area contributed by atoms with Crippen LogP contribution in [0.4, 0.5) is 0 Å². The largest absolute Gasteiger partial charge is 0.316 e. The van der Waals surface area contributed by atoms with Crippen molar-refractivity contribution in [2.24, 2.45) is 5.41 Å². The van der Waals surface area contributed by atoms with Gasteiger partial charge in [-0.3, -0.25) is 29.4 Å². The molecule has 3 aliphatic heterocycles. The molecule has 3 N–H and O–H groups in total. The van der Waals surface area contributed by atoms with Gasteiger partial charge in [-0.15, -0.1) is 0 Å².